The number of aryl methyl sites for hydroxylation is 1. The Morgan fingerprint density at radius 1 is 1.02 bits per heavy atom. The number of aliphatic hydroxyl groups excluding tert-OH is 1. The predicted octanol–water partition coefficient (Wildman–Crippen LogP) is 6.12. The first kappa shape index (κ1) is 31.8. The third-order valence-corrected chi connectivity index (χ3v) is 11.4. The number of amides is 2. The van der Waals surface area contributed by atoms with Crippen molar-refractivity contribution in [3.05, 3.63) is 94.8 Å². The molecule has 2 amide bonds. The van der Waals surface area contributed by atoms with Gasteiger partial charge in [-0.15, -0.1) is 0 Å². The highest BCUT2D eigenvalue weighted by Gasteiger charge is 2.61. The molecule has 268 valence electrons. The number of anilines is 1. The quantitative estimate of drug-likeness (QED) is 0.145. The molecule has 5 unspecified atom stereocenters. The molecular formula is C41H38N6O6. The maximum atomic E-state index is 14.2. The number of carbonyl (C=O) groups excluding carboxylic acids is 2. The minimum Gasteiger partial charge on any atom is -0.469 e. The predicted molar refractivity (Wildman–Crippen MR) is 196 cm³/mol. The van der Waals surface area contributed by atoms with Gasteiger partial charge in [0.25, 0.3) is 0 Å². The number of aliphatic hydroxyl groups is 1. The first-order valence-electron chi connectivity index (χ1n) is 18.1. The van der Waals surface area contributed by atoms with Gasteiger partial charge in [-0.25, -0.2) is 9.97 Å². The molecule has 12 nitrogen and oxygen atoms in total. The van der Waals surface area contributed by atoms with E-state index in [1.54, 1.807) is 20.0 Å². The van der Waals surface area contributed by atoms with Gasteiger partial charge < -0.3 is 39.6 Å². The average Bonchev–Trinajstić information content (AvgIpc) is 3.96. The molecule has 7 heterocycles. The van der Waals surface area contributed by atoms with Crippen molar-refractivity contribution >= 4 is 28.4 Å². The average molecular weight is 711 g/mol. The van der Waals surface area contributed by atoms with Crippen LogP contribution in [0.25, 0.3) is 44.9 Å². The summed E-state index contributed by atoms with van der Waals surface area (Å²) >= 11 is 0. The van der Waals surface area contributed by atoms with Gasteiger partial charge in [-0.05, 0) is 41.5 Å². The van der Waals surface area contributed by atoms with Crippen LogP contribution in [0.15, 0.2) is 69.8 Å². The Morgan fingerprint density at radius 2 is 1.87 bits per heavy atom. The first-order valence-corrected chi connectivity index (χ1v) is 18.1. The summed E-state index contributed by atoms with van der Waals surface area (Å²) in [5, 5.41) is 21.4. The van der Waals surface area contributed by atoms with Gasteiger partial charge >= 0.3 is 0 Å². The molecule has 0 radical (unpaired) electrons. The van der Waals surface area contributed by atoms with Gasteiger partial charge in [-0.2, -0.15) is 0 Å². The molecular weight excluding hydrogens is 672 g/mol. The van der Waals surface area contributed by atoms with Crippen LogP contribution in [0.2, 0.25) is 0 Å². The zero-order valence-electron chi connectivity index (χ0n) is 29.8. The van der Waals surface area contributed by atoms with Crippen LogP contribution in [0.1, 0.15) is 67.6 Å². The van der Waals surface area contributed by atoms with Crippen LogP contribution < -0.4 is 20.7 Å². The molecule has 0 saturated carbocycles. The number of aromatic amines is 1. The second kappa shape index (κ2) is 11.1. The number of benzene rings is 3. The summed E-state index contributed by atoms with van der Waals surface area (Å²) in [6.07, 6.45) is 1.92. The SMILES string of the molecule is Cc1ccc2c3c(c[nH]c13)-c1cnc(o1)-c1nc3oc1C14c5cc(ccc5OC1Nc1c-2cccc14)CC(NC(=O)C(O)C(C)C)C(=O)NC3C(C)C. The normalized spacial score (nSPS) is 22.4. The third kappa shape index (κ3) is 4.32. The van der Waals surface area contributed by atoms with Gasteiger partial charge in [-0.3, -0.25) is 9.59 Å². The molecule has 3 aromatic carbocycles. The molecule has 53 heavy (non-hydrogen) atoms. The third-order valence-electron chi connectivity index (χ3n) is 11.4. The number of nitrogens with zero attached hydrogens (tertiary/aromatic N) is 2. The molecule has 4 aliphatic heterocycles. The number of carbonyl (C=O) groups is 2. The second-order valence-corrected chi connectivity index (χ2v) is 15.3. The fourth-order valence-corrected chi connectivity index (χ4v) is 8.62. The number of H-pyrrole nitrogens is 1. The van der Waals surface area contributed by atoms with Gasteiger partial charge in [0, 0.05) is 51.5 Å². The van der Waals surface area contributed by atoms with Crippen LogP contribution >= 0.6 is 0 Å². The van der Waals surface area contributed by atoms with Crippen molar-refractivity contribution in [1.29, 1.82) is 0 Å². The smallest absolute Gasteiger partial charge is 0.249 e. The van der Waals surface area contributed by atoms with Crippen LogP contribution in [-0.2, 0) is 21.4 Å². The second-order valence-electron chi connectivity index (χ2n) is 15.3. The lowest BCUT2D eigenvalue weighted by Gasteiger charge is -2.29. The summed E-state index contributed by atoms with van der Waals surface area (Å²) in [5.41, 5.74) is 7.78. The van der Waals surface area contributed by atoms with Crippen molar-refractivity contribution in [3.63, 3.8) is 0 Å². The molecule has 0 fully saturated rings. The van der Waals surface area contributed by atoms with E-state index >= 15 is 0 Å². The minimum atomic E-state index is -1.28. The van der Waals surface area contributed by atoms with E-state index in [2.05, 4.69) is 58.2 Å². The lowest BCUT2D eigenvalue weighted by atomic mass is 9.72. The molecule has 10 rings (SSSR count). The van der Waals surface area contributed by atoms with Gasteiger partial charge in [-0.1, -0.05) is 70.2 Å². The van der Waals surface area contributed by atoms with Gasteiger partial charge in [0.15, 0.2) is 23.4 Å². The van der Waals surface area contributed by atoms with Gasteiger partial charge in [0.05, 0.1) is 6.20 Å². The number of fused-ring (bicyclic) bond motifs is 7. The molecule has 5 N–H and O–H groups in total. The van der Waals surface area contributed by atoms with E-state index in [0.717, 1.165) is 55.5 Å². The molecule has 0 aliphatic carbocycles. The summed E-state index contributed by atoms with van der Waals surface area (Å²) in [4.78, 5) is 40.8. The van der Waals surface area contributed by atoms with Crippen LogP contribution in [0.3, 0.4) is 0 Å². The Labute approximate surface area is 304 Å². The first-order chi connectivity index (χ1) is 25.5. The number of hydrogen-bond acceptors (Lipinski definition) is 9. The van der Waals surface area contributed by atoms with Gasteiger partial charge in [0.1, 0.15) is 29.4 Å². The van der Waals surface area contributed by atoms with E-state index in [4.69, 9.17) is 23.5 Å². The van der Waals surface area contributed by atoms with Crippen molar-refractivity contribution in [2.45, 2.75) is 70.9 Å². The summed E-state index contributed by atoms with van der Waals surface area (Å²) in [7, 11) is 0. The highest BCUT2D eigenvalue weighted by Crippen LogP contribution is 2.61. The number of oxazole rings is 2. The number of ether oxygens (including phenoxy) is 1. The van der Waals surface area contributed by atoms with Crippen molar-refractivity contribution < 1.29 is 28.3 Å². The minimum absolute atomic E-state index is 0.168. The number of hydrogen-bond donors (Lipinski definition) is 5. The van der Waals surface area contributed by atoms with E-state index in [1.165, 1.54) is 0 Å². The lowest BCUT2D eigenvalue weighted by Crippen LogP contribution is -2.52. The van der Waals surface area contributed by atoms with E-state index in [0.29, 0.717) is 23.0 Å². The Morgan fingerprint density at radius 3 is 2.68 bits per heavy atom. The Hall–Kier alpha value is -5.88. The Balaban J connectivity index is 1.28. The number of aromatic nitrogens is 3. The number of para-hydroxylation sites is 1. The topological polar surface area (TPSA) is 168 Å². The zero-order valence-corrected chi connectivity index (χ0v) is 29.8. The van der Waals surface area contributed by atoms with Crippen LogP contribution in [0, 0.1) is 18.8 Å². The van der Waals surface area contributed by atoms with E-state index in [9.17, 15) is 14.7 Å². The summed E-state index contributed by atoms with van der Waals surface area (Å²) in [5.74, 6) is 0.700. The highest BCUT2D eigenvalue weighted by molar-refractivity contribution is 6.08. The molecule has 5 atom stereocenters. The molecule has 6 aromatic rings. The standard InChI is InChI=1S/C41H38N6O6/c1-17(2)30-39-46-33-35(53-39)41-24-8-6-7-22(21-11-9-19(5)31-29(21)23(15-42-31)28-16-43-38(33)51-28)32(24)47-40(41)52-27-12-10-20(13-25(27)41)14-26(36(49)45-30)44-37(50)34(48)18(3)4/h6-13,15-18,26,30,34,40,42,47-48H,14H2,1-5H3,(H,44,50)(H,45,49). The van der Waals surface area contributed by atoms with E-state index in [1.807, 2.05) is 38.2 Å². The van der Waals surface area contributed by atoms with Crippen molar-refractivity contribution in [2.75, 3.05) is 5.32 Å². The van der Waals surface area contributed by atoms with Crippen molar-refractivity contribution in [1.82, 2.24) is 25.6 Å². The highest BCUT2D eigenvalue weighted by atomic mass is 16.5. The molecule has 12 heteroatoms. The number of rotatable bonds is 4. The summed E-state index contributed by atoms with van der Waals surface area (Å²) < 4.78 is 20.5. The van der Waals surface area contributed by atoms with E-state index in [-0.39, 0.29) is 30.0 Å². The molecule has 4 aliphatic rings. The van der Waals surface area contributed by atoms with Crippen LogP contribution in [0.4, 0.5) is 5.69 Å². The summed E-state index contributed by atoms with van der Waals surface area (Å²) in [6, 6.07) is 14.7. The Bertz CT molecular complexity index is 2530. The molecule has 1 spiro atoms. The maximum Gasteiger partial charge on any atom is 0.249 e. The molecule has 0 saturated heterocycles. The fraction of sp³-hybridized carbons (Fsp3) is 0.317. The van der Waals surface area contributed by atoms with Gasteiger partial charge in [0.2, 0.25) is 23.6 Å². The van der Waals surface area contributed by atoms with Crippen LogP contribution in [0.5, 0.6) is 5.75 Å². The summed E-state index contributed by atoms with van der Waals surface area (Å²) in [6.45, 7) is 9.53. The lowest BCUT2D eigenvalue weighted by molar-refractivity contribution is -0.135. The fourth-order valence-electron chi connectivity index (χ4n) is 8.62. The largest absolute Gasteiger partial charge is 0.469 e. The van der Waals surface area contributed by atoms with Crippen molar-refractivity contribution in [3.8, 4) is 39.8 Å². The number of nitrogens with one attached hydrogen (secondary N) is 4. The molecule has 10 bridgehead atoms. The zero-order chi connectivity index (χ0) is 36.5. The van der Waals surface area contributed by atoms with Crippen molar-refractivity contribution in [2.24, 2.45) is 11.8 Å². The van der Waals surface area contributed by atoms with E-state index < -0.39 is 41.6 Å². The molecule has 3 aromatic heterocycles. The Kier molecular flexibility index (Phi) is 6.64. The maximum absolute atomic E-state index is 14.2. The monoisotopic (exact) mass is 710 g/mol. The van der Waals surface area contributed by atoms with Crippen LogP contribution in [-0.4, -0.2) is 50.2 Å².